The van der Waals surface area contributed by atoms with Gasteiger partial charge in [0.15, 0.2) is 11.5 Å². The molecule has 9 nitrogen and oxygen atoms in total. The maximum atomic E-state index is 13.1. The zero-order chi connectivity index (χ0) is 24.1. The first-order valence-electron chi connectivity index (χ1n) is 11.3. The summed E-state index contributed by atoms with van der Waals surface area (Å²) in [6.07, 6.45) is 2.30. The average Bonchev–Trinajstić information content (AvgIpc) is 3.14. The maximum absolute atomic E-state index is 13.1. The third kappa shape index (κ3) is 4.76. The monoisotopic (exact) mass is 467 g/mol. The lowest BCUT2D eigenvalue weighted by Gasteiger charge is -2.28. The maximum Gasteiger partial charge on any atom is 0.295 e. The zero-order valence-electron chi connectivity index (χ0n) is 19.4. The van der Waals surface area contributed by atoms with Gasteiger partial charge in [-0.1, -0.05) is 6.07 Å². The Labute approximate surface area is 198 Å². The number of aromatic nitrogens is 1. The molecule has 1 amide bonds. The van der Waals surface area contributed by atoms with Crippen molar-refractivity contribution in [1.29, 1.82) is 0 Å². The summed E-state index contributed by atoms with van der Waals surface area (Å²) in [5.74, 6) is -0.746. The van der Waals surface area contributed by atoms with Gasteiger partial charge in [-0.25, -0.2) is 0 Å². The number of nitrogens with zero attached hydrogens (tertiary/aromatic N) is 3. The molecule has 0 unspecified atom stereocenters. The van der Waals surface area contributed by atoms with Crippen LogP contribution < -0.4 is 9.47 Å². The van der Waals surface area contributed by atoms with Gasteiger partial charge in [0.05, 0.1) is 38.7 Å². The van der Waals surface area contributed by atoms with Gasteiger partial charge in [-0.05, 0) is 36.8 Å². The Morgan fingerprint density at radius 1 is 1.09 bits per heavy atom. The number of amides is 1. The van der Waals surface area contributed by atoms with E-state index in [0.29, 0.717) is 48.9 Å². The SMILES string of the molecule is COc1ccc(C(O)=C2C(=O)C(=O)N(CCCN3CCOCC3)[C@@H]2c2ccccn2)cc1OC. The summed E-state index contributed by atoms with van der Waals surface area (Å²) in [6.45, 7) is 4.25. The first-order valence-corrected chi connectivity index (χ1v) is 11.3. The van der Waals surface area contributed by atoms with E-state index in [1.54, 1.807) is 42.6 Å². The van der Waals surface area contributed by atoms with E-state index in [9.17, 15) is 14.7 Å². The second kappa shape index (κ2) is 10.7. The second-order valence-corrected chi connectivity index (χ2v) is 8.12. The smallest absolute Gasteiger partial charge is 0.295 e. The summed E-state index contributed by atoms with van der Waals surface area (Å²) in [5.41, 5.74) is 0.891. The Morgan fingerprint density at radius 3 is 2.53 bits per heavy atom. The highest BCUT2D eigenvalue weighted by molar-refractivity contribution is 6.46. The second-order valence-electron chi connectivity index (χ2n) is 8.12. The number of hydrogen-bond donors (Lipinski definition) is 1. The number of pyridine rings is 1. The van der Waals surface area contributed by atoms with Crippen LogP contribution in [0.25, 0.3) is 5.76 Å². The molecule has 1 N–H and O–H groups in total. The van der Waals surface area contributed by atoms with Crippen molar-refractivity contribution >= 4 is 17.4 Å². The van der Waals surface area contributed by atoms with Crippen molar-refractivity contribution in [2.24, 2.45) is 0 Å². The fourth-order valence-corrected chi connectivity index (χ4v) is 4.38. The van der Waals surface area contributed by atoms with E-state index in [4.69, 9.17) is 14.2 Å². The molecule has 1 atom stereocenters. The molecule has 2 fully saturated rings. The van der Waals surface area contributed by atoms with E-state index in [1.807, 2.05) is 0 Å². The number of ketones is 1. The molecule has 180 valence electrons. The number of carbonyl (C=O) groups is 2. The lowest BCUT2D eigenvalue weighted by molar-refractivity contribution is -0.140. The Balaban J connectivity index is 1.67. The molecule has 0 aliphatic carbocycles. The molecule has 1 aromatic carbocycles. The number of rotatable bonds is 8. The van der Waals surface area contributed by atoms with Crippen molar-refractivity contribution in [2.75, 3.05) is 53.6 Å². The molecular formula is C25H29N3O6. The normalized spacial score (nSPS) is 20.5. The van der Waals surface area contributed by atoms with E-state index < -0.39 is 17.7 Å². The Kier molecular flexibility index (Phi) is 7.44. The third-order valence-corrected chi connectivity index (χ3v) is 6.14. The minimum atomic E-state index is -0.779. The summed E-state index contributed by atoms with van der Waals surface area (Å²) in [6, 6.07) is 9.39. The van der Waals surface area contributed by atoms with Crippen LogP contribution in [0.5, 0.6) is 11.5 Å². The summed E-state index contributed by atoms with van der Waals surface area (Å²) in [5, 5.41) is 11.2. The molecule has 1 aromatic heterocycles. The topological polar surface area (TPSA) is 101 Å². The predicted octanol–water partition coefficient (Wildman–Crippen LogP) is 2.24. The molecule has 2 aliphatic rings. The Morgan fingerprint density at radius 2 is 1.85 bits per heavy atom. The Hall–Kier alpha value is -3.43. The molecule has 9 heteroatoms. The van der Waals surface area contributed by atoms with Crippen LogP contribution in [-0.4, -0.2) is 85.2 Å². The third-order valence-electron chi connectivity index (χ3n) is 6.14. The minimum absolute atomic E-state index is 0.0160. The van der Waals surface area contributed by atoms with Crippen molar-refractivity contribution < 1.29 is 28.9 Å². The van der Waals surface area contributed by atoms with Gasteiger partial charge >= 0.3 is 0 Å². The lowest BCUT2D eigenvalue weighted by Crippen LogP contribution is -2.39. The fraction of sp³-hybridized carbons (Fsp3) is 0.400. The largest absolute Gasteiger partial charge is 0.507 e. The molecule has 3 heterocycles. The highest BCUT2D eigenvalue weighted by Gasteiger charge is 2.46. The molecule has 34 heavy (non-hydrogen) atoms. The molecule has 2 saturated heterocycles. The van der Waals surface area contributed by atoms with Gasteiger partial charge in [0, 0.05) is 37.9 Å². The van der Waals surface area contributed by atoms with E-state index in [-0.39, 0.29) is 11.3 Å². The van der Waals surface area contributed by atoms with Crippen LogP contribution in [0.4, 0.5) is 0 Å². The van der Waals surface area contributed by atoms with E-state index >= 15 is 0 Å². The molecule has 2 aromatic rings. The molecular weight excluding hydrogens is 438 g/mol. The van der Waals surface area contributed by atoms with Crippen LogP contribution in [0.3, 0.4) is 0 Å². The number of benzene rings is 1. The highest BCUT2D eigenvalue weighted by atomic mass is 16.5. The first-order chi connectivity index (χ1) is 16.5. The molecule has 4 rings (SSSR count). The number of aliphatic hydroxyl groups excluding tert-OH is 1. The number of hydrogen-bond acceptors (Lipinski definition) is 8. The van der Waals surface area contributed by atoms with Crippen LogP contribution in [0, 0.1) is 0 Å². The fourth-order valence-electron chi connectivity index (χ4n) is 4.38. The van der Waals surface area contributed by atoms with Gasteiger partial charge in [-0.15, -0.1) is 0 Å². The molecule has 2 aliphatic heterocycles. The summed E-state index contributed by atoms with van der Waals surface area (Å²) < 4.78 is 16.0. The van der Waals surface area contributed by atoms with E-state index in [2.05, 4.69) is 9.88 Å². The molecule has 0 spiro atoms. The number of Topliss-reactive ketones (excluding diaryl/α,β-unsaturated/α-hetero) is 1. The van der Waals surface area contributed by atoms with Crippen LogP contribution in [0.2, 0.25) is 0 Å². The quantitative estimate of drug-likeness (QED) is 0.358. The lowest BCUT2D eigenvalue weighted by atomic mass is 9.98. The molecule has 0 radical (unpaired) electrons. The molecule has 0 bridgehead atoms. The van der Waals surface area contributed by atoms with Crippen molar-refractivity contribution in [3.05, 3.63) is 59.4 Å². The van der Waals surface area contributed by atoms with Crippen LogP contribution >= 0.6 is 0 Å². The summed E-state index contributed by atoms with van der Waals surface area (Å²) in [4.78, 5) is 34.4. The molecule has 0 saturated carbocycles. The zero-order valence-corrected chi connectivity index (χ0v) is 19.4. The van der Waals surface area contributed by atoms with Gasteiger partial charge in [-0.2, -0.15) is 0 Å². The highest BCUT2D eigenvalue weighted by Crippen LogP contribution is 2.40. The summed E-state index contributed by atoms with van der Waals surface area (Å²) in [7, 11) is 3.00. The van der Waals surface area contributed by atoms with Gasteiger partial charge in [0.2, 0.25) is 0 Å². The van der Waals surface area contributed by atoms with Crippen molar-refractivity contribution in [1.82, 2.24) is 14.8 Å². The standard InChI is InChI=1S/C25H29N3O6/c1-32-19-8-7-17(16-20(19)33-2)23(29)21-22(18-6-3-4-9-26-18)28(25(31)24(21)30)11-5-10-27-12-14-34-15-13-27/h3-4,6-9,16,22,29H,5,10-15H2,1-2H3/t22-/m1/s1. The number of aliphatic hydroxyl groups is 1. The number of likely N-dealkylation sites (tertiary alicyclic amines) is 1. The number of methoxy groups -OCH3 is 2. The van der Waals surface area contributed by atoms with E-state index in [0.717, 1.165) is 19.6 Å². The van der Waals surface area contributed by atoms with Crippen LogP contribution in [0.15, 0.2) is 48.2 Å². The van der Waals surface area contributed by atoms with Gasteiger partial charge < -0.3 is 24.2 Å². The number of ether oxygens (including phenoxy) is 3. The predicted molar refractivity (Wildman–Crippen MR) is 125 cm³/mol. The number of morpholine rings is 1. The van der Waals surface area contributed by atoms with Crippen LogP contribution in [-0.2, 0) is 14.3 Å². The summed E-state index contributed by atoms with van der Waals surface area (Å²) >= 11 is 0. The van der Waals surface area contributed by atoms with Crippen LogP contribution in [0.1, 0.15) is 23.7 Å². The van der Waals surface area contributed by atoms with Gasteiger partial charge in [0.1, 0.15) is 11.8 Å². The first kappa shape index (κ1) is 23.7. The van der Waals surface area contributed by atoms with Crippen molar-refractivity contribution in [2.45, 2.75) is 12.5 Å². The minimum Gasteiger partial charge on any atom is -0.507 e. The average molecular weight is 468 g/mol. The Bertz CT molecular complexity index is 1070. The number of carbonyl (C=O) groups excluding carboxylic acids is 2. The van der Waals surface area contributed by atoms with E-state index in [1.165, 1.54) is 19.1 Å². The van der Waals surface area contributed by atoms with Crippen molar-refractivity contribution in [3.8, 4) is 11.5 Å². The van der Waals surface area contributed by atoms with Gasteiger partial charge in [-0.3, -0.25) is 19.5 Å². The van der Waals surface area contributed by atoms with Gasteiger partial charge in [0.25, 0.3) is 11.7 Å². The van der Waals surface area contributed by atoms with Crippen molar-refractivity contribution in [3.63, 3.8) is 0 Å².